The van der Waals surface area contributed by atoms with Gasteiger partial charge in [0.05, 0.1) is 17.6 Å². The number of halogens is 3. The quantitative estimate of drug-likeness (QED) is 0.411. The Hall–Kier alpha value is -3.82. The van der Waals surface area contributed by atoms with Crippen LogP contribution in [0.15, 0.2) is 47.7 Å². The highest BCUT2D eigenvalue weighted by atomic mass is 19.4. The van der Waals surface area contributed by atoms with Gasteiger partial charge in [-0.3, -0.25) is 9.59 Å². The molecule has 0 fully saturated rings. The van der Waals surface area contributed by atoms with Crippen molar-refractivity contribution in [1.82, 2.24) is 23.6 Å². The maximum Gasteiger partial charge on any atom is 0.416 e. The molecular weight excluding hydrogens is 471 g/mol. The highest BCUT2D eigenvalue weighted by Gasteiger charge is 2.34. The van der Waals surface area contributed by atoms with Crippen molar-refractivity contribution in [2.45, 2.75) is 59.5 Å². The third-order valence-electron chi connectivity index (χ3n) is 7.03. The van der Waals surface area contributed by atoms with Crippen LogP contribution in [-0.2, 0) is 25.8 Å². The zero-order chi connectivity index (χ0) is 25.9. The Morgan fingerprint density at radius 3 is 2.50 bits per heavy atom. The first-order chi connectivity index (χ1) is 17.0. The van der Waals surface area contributed by atoms with E-state index in [0.29, 0.717) is 28.7 Å². The number of aromatic nitrogens is 4. The molecule has 1 atom stereocenters. The van der Waals surface area contributed by atoms with Gasteiger partial charge in [-0.2, -0.15) is 13.2 Å². The summed E-state index contributed by atoms with van der Waals surface area (Å²) in [5.41, 5.74) is 2.61. The molecule has 1 amide bonds. The summed E-state index contributed by atoms with van der Waals surface area (Å²) < 4.78 is 45.5. The van der Waals surface area contributed by atoms with Gasteiger partial charge in [-0.15, -0.1) is 0 Å². The highest BCUT2D eigenvalue weighted by Crippen LogP contribution is 2.35. The first kappa shape index (κ1) is 23.9. The van der Waals surface area contributed by atoms with Crippen LogP contribution in [0.5, 0.6) is 0 Å². The van der Waals surface area contributed by atoms with Crippen molar-refractivity contribution in [3.63, 3.8) is 0 Å². The molecule has 188 valence electrons. The Kier molecular flexibility index (Phi) is 5.57. The standard InChI is InChI=1S/C26H26F3N5O2/c1-5-32-17(4)20(19-10-18(26(27,28)29)6-7-21(19)32)13-33-16(3)12-34-23(25(33)36)9-8-22(24(34)35)31-11-15(2)30-14-31/h6-11,14,16H,5,12-13H2,1-4H3/t16-/m1/s1. The van der Waals surface area contributed by atoms with Crippen LogP contribution in [0.3, 0.4) is 0 Å². The average Bonchev–Trinajstić information content (AvgIpc) is 3.36. The zero-order valence-corrected chi connectivity index (χ0v) is 20.4. The zero-order valence-electron chi connectivity index (χ0n) is 20.4. The van der Waals surface area contributed by atoms with Gasteiger partial charge < -0.3 is 18.6 Å². The summed E-state index contributed by atoms with van der Waals surface area (Å²) in [7, 11) is 0. The summed E-state index contributed by atoms with van der Waals surface area (Å²) in [4.78, 5) is 32.6. The molecule has 7 nitrogen and oxygen atoms in total. The van der Waals surface area contributed by atoms with Crippen molar-refractivity contribution in [1.29, 1.82) is 0 Å². The predicted molar refractivity (Wildman–Crippen MR) is 129 cm³/mol. The largest absolute Gasteiger partial charge is 0.416 e. The molecule has 4 heterocycles. The molecule has 1 aromatic carbocycles. The van der Waals surface area contributed by atoms with Crippen LogP contribution in [0, 0.1) is 13.8 Å². The number of aryl methyl sites for hydroxylation is 2. The van der Waals surface area contributed by atoms with E-state index in [0.717, 1.165) is 17.5 Å². The van der Waals surface area contributed by atoms with Crippen LogP contribution in [0.4, 0.5) is 13.2 Å². The lowest BCUT2D eigenvalue weighted by Gasteiger charge is -2.35. The van der Waals surface area contributed by atoms with E-state index in [1.165, 1.54) is 16.7 Å². The van der Waals surface area contributed by atoms with Gasteiger partial charge in [-0.25, -0.2) is 4.98 Å². The van der Waals surface area contributed by atoms with Gasteiger partial charge in [-0.05, 0) is 58.0 Å². The molecule has 0 radical (unpaired) electrons. The van der Waals surface area contributed by atoms with Gasteiger partial charge in [0.15, 0.2) is 0 Å². The van der Waals surface area contributed by atoms with E-state index in [1.807, 2.05) is 32.3 Å². The fourth-order valence-corrected chi connectivity index (χ4v) is 5.13. The molecule has 0 spiro atoms. The molecule has 36 heavy (non-hydrogen) atoms. The summed E-state index contributed by atoms with van der Waals surface area (Å²) in [5, 5.41) is 0.484. The highest BCUT2D eigenvalue weighted by molar-refractivity contribution is 5.94. The lowest BCUT2D eigenvalue weighted by molar-refractivity contribution is -0.137. The number of imidazole rings is 1. The van der Waals surface area contributed by atoms with Gasteiger partial charge in [0.25, 0.3) is 11.5 Å². The Morgan fingerprint density at radius 2 is 1.86 bits per heavy atom. The summed E-state index contributed by atoms with van der Waals surface area (Å²) >= 11 is 0. The summed E-state index contributed by atoms with van der Waals surface area (Å²) in [6.07, 6.45) is -1.17. The van der Waals surface area contributed by atoms with E-state index >= 15 is 0 Å². The minimum Gasteiger partial charge on any atom is -0.345 e. The Morgan fingerprint density at radius 1 is 1.11 bits per heavy atom. The number of amides is 1. The number of carbonyl (C=O) groups is 1. The Labute approximate surface area is 205 Å². The van der Waals surface area contributed by atoms with E-state index in [4.69, 9.17) is 0 Å². The van der Waals surface area contributed by atoms with Crippen LogP contribution in [0.1, 0.15) is 46.9 Å². The monoisotopic (exact) mass is 497 g/mol. The van der Waals surface area contributed by atoms with E-state index in [1.54, 1.807) is 34.1 Å². The fraction of sp³-hybridized carbons (Fsp3) is 0.346. The van der Waals surface area contributed by atoms with Gasteiger partial charge in [0, 0.05) is 54.0 Å². The molecule has 0 saturated heterocycles. The maximum absolute atomic E-state index is 13.5. The molecular formula is C26H26F3N5O2. The van der Waals surface area contributed by atoms with Crippen molar-refractivity contribution in [3.05, 3.63) is 81.4 Å². The molecule has 1 aliphatic heterocycles. The first-order valence-electron chi connectivity index (χ1n) is 11.8. The van der Waals surface area contributed by atoms with Crippen molar-refractivity contribution in [2.75, 3.05) is 0 Å². The van der Waals surface area contributed by atoms with Gasteiger partial charge >= 0.3 is 6.18 Å². The topological polar surface area (TPSA) is 65.1 Å². The summed E-state index contributed by atoms with van der Waals surface area (Å²) in [6.45, 7) is 8.48. The van der Waals surface area contributed by atoms with Crippen molar-refractivity contribution in [3.8, 4) is 5.69 Å². The lowest BCUT2D eigenvalue weighted by Crippen LogP contribution is -2.49. The molecule has 0 N–H and O–H groups in total. The van der Waals surface area contributed by atoms with Gasteiger partial charge in [-0.1, -0.05) is 0 Å². The molecule has 0 aliphatic carbocycles. The molecule has 5 rings (SSSR count). The van der Waals surface area contributed by atoms with Crippen molar-refractivity contribution < 1.29 is 18.0 Å². The van der Waals surface area contributed by atoms with E-state index in [9.17, 15) is 22.8 Å². The second-order valence-electron chi connectivity index (χ2n) is 9.26. The summed E-state index contributed by atoms with van der Waals surface area (Å²) in [5.74, 6) is -0.331. The van der Waals surface area contributed by atoms with Crippen molar-refractivity contribution in [2.24, 2.45) is 0 Å². The molecule has 10 heteroatoms. The minimum absolute atomic E-state index is 0.146. The smallest absolute Gasteiger partial charge is 0.345 e. The number of benzene rings is 1. The van der Waals surface area contributed by atoms with Crippen LogP contribution in [-0.4, -0.2) is 35.5 Å². The SMILES string of the molecule is CCn1c(C)c(CN2C(=O)c3ccc(-n4cnc(C)c4)c(=O)n3C[C@H]2C)c2cc(C(F)(F)F)ccc21. The molecule has 0 saturated carbocycles. The number of fused-ring (bicyclic) bond motifs is 2. The van der Waals surface area contributed by atoms with Gasteiger partial charge in [0.1, 0.15) is 11.4 Å². The number of carbonyl (C=O) groups excluding carboxylic acids is 1. The van der Waals surface area contributed by atoms with E-state index < -0.39 is 11.7 Å². The average molecular weight is 498 g/mol. The minimum atomic E-state index is -4.46. The number of rotatable bonds is 4. The summed E-state index contributed by atoms with van der Waals surface area (Å²) in [6, 6.07) is 6.64. The first-order valence-corrected chi connectivity index (χ1v) is 11.8. The second kappa shape index (κ2) is 8.39. The molecule has 4 aromatic rings. The van der Waals surface area contributed by atoms with Crippen LogP contribution in [0.2, 0.25) is 0 Å². The third kappa shape index (κ3) is 3.71. The van der Waals surface area contributed by atoms with Crippen LogP contribution in [0.25, 0.3) is 16.6 Å². The predicted octanol–water partition coefficient (Wildman–Crippen LogP) is 4.69. The number of alkyl halides is 3. The number of hydrogen-bond donors (Lipinski definition) is 0. The number of nitrogens with zero attached hydrogens (tertiary/aromatic N) is 5. The van der Waals surface area contributed by atoms with E-state index in [2.05, 4.69) is 4.98 Å². The second-order valence-corrected chi connectivity index (χ2v) is 9.26. The normalized spacial score (nSPS) is 16.1. The maximum atomic E-state index is 13.5. The van der Waals surface area contributed by atoms with Gasteiger partial charge in [0.2, 0.25) is 0 Å². The Bertz CT molecular complexity index is 1560. The third-order valence-corrected chi connectivity index (χ3v) is 7.03. The molecule has 0 unspecified atom stereocenters. The fourth-order valence-electron chi connectivity index (χ4n) is 5.13. The number of pyridine rings is 1. The molecule has 1 aliphatic rings. The van der Waals surface area contributed by atoms with Crippen LogP contribution < -0.4 is 5.56 Å². The lowest BCUT2D eigenvalue weighted by atomic mass is 10.0. The molecule has 0 bridgehead atoms. The van der Waals surface area contributed by atoms with E-state index in [-0.39, 0.29) is 36.3 Å². The molecule has 3 aromatic heterocycles. The van der Waals surface area contributed by atoms with Crippen molar-refractivity contribution >= 4 is 16.8 Å². The van der Waals surface area contributed by atoms with Crippen LogP contribution >= 0.6 is 0 Å². The number of hydrogen-bond acceptors (Lipinski definition) is 3. The Balaban J connectivity index is 1.56.